The first-order chi connectivity index (χ1) is 8.72. The van der Waals surface area contributed by atoms with E-state index in [9.17, 15) is 4.79 Å². The van der Waals surface area contributed by atoms with Gasteiger partial charge in [0.1, 0.15) is 0 Å². The fourth-order valence-corrected chi connectivity index (χ4v) is 2.43. The van der Waals surface area contributed by atoms with Crippen LogP contribution >= 0.6 is 22.6 Å². The first-order valence-corrected chi connectivity index (χ1v) is 6.56. The van der Waals surface area contributed by atoms with Crippen molar-refractivity contribution in [2.24, 2.45) is 0 Å². The molecule has 0 aromatic heterocycles. The third-order valence-electron chi connectivity index (χ3n) is 2.66. The third-order valence-corrected chi connectivity index (χ3v) is 3.60. The maximum atomic E-state index is 12.2. The van der Waals surface area contributed by atoms with Gasteiger partial charge >= 0.3 is 0 Å². The van der Waals surface area contributed by atoms with Crippen molar-refractivity contribution in [2.75, 3.05) is 0 Å². The first kappa shape index (κ1) is 12.8. The lowest BCUT2D eigenvalue weighted by Gasteiger charge is -2.05. The van der Waals surface area contributed by atoms with Gasteiger partial charge in [0.15, 0.2) is 5.78 Å². The van der Waals surface area contributed by atoms with Crippen LogP contribution < -0.4 is 0 Å². The molecule has 0 aliphatic heterocycles. The summed E-state index contributed by atoms with van der Waals surface area (Å²) in [6.45, 7) is 0. The highest BCUT2D eigenvalue weighted by Gasteiger charge is 2.12. The summed E-state index contributed by atoms with van der Waals surface area (Å²) in [5.41, 5.74) is 2.06. The Morgan fingerprint density at radius 1 is 1.11 bits per heavy atom. The average Bonchev–Trinajstić information content (AvgIpc) is 2.39. The molecule has 0 heterocycles. The van der Waals surface area contributed by atoms with Crippen molar-refractivity contribution in [1.29, 1.82) is 5.26 Å². The van der Waals surface area contributed by atoms with Gasteiger partial charge in [0.25, 0.3) is 0 Å². The van der Waals surface area contributed by atoms with Crippen molar-refractivity contribution in [3.63, 3.8) is 0 Å². The van der Waals surface area contributed by atoms with Gasteiger partial charge in [0.05, 0.1) is 11.6 Å². The molecule has 0 aliphatic carbocycles. The van der Waals surface area contributed by atoms with Crippen LogP contribution in [0.25, 0.3) is 0 Å². The number of carbonyl (C=O) groups is 1. The number of carbonyl (C=O) groups excluding carboxylic acids is 1. The molecular formula is C15H10INO. The van der Waals surface area contributed by atoms with Gasteiger partial charge < -0.3 is 0 Å². The highest BCUT2D eigenvalue weighted by atomic mass is 127. The number of rotatable bonds is 3. The largest absolute Gasteiger partial charge is 0.294 e. The number of ketones is 1. The van der Waals surface area contributed by atoms with Crippen LogP contribution in [0.15, 0.2) is 48.5 Å². The van der Waals surface area contributed by atoms with Gasteiger partial charge in [-0.3, -0.25) is 4.79 Å². The minimum Gasteiger partial charge on any atom is -0.294 e. The molecule has 2 aromatic carbocycles. The second-order valence-electron chi connectivity index (χ2n) is 3.85. The lowest BCUT2D eigenvalue weighted by molar-refractivity contribution is 0.0992. The third kappa shape index (κ3) is 2.77. The Morgan fingerprint density at radius 3 is 2.50 bits per heavy atom. The van der Waals surface area contributed by atoms with Crippen LogP contribution in [0.4, 0.5) is 0 Å². The number of hydrogen-bond donors (Lipinski definition) is 0. The number of nitrogens with zero attached hydrogens (tertiary/aromatic N) is 1. The van der Waals surface area contributed by atoms with Crippen LogP contribution in [0, 0.1) is 14.9 Å². The van der Waals surface area contributed by atoms with Crippen LogP contribution in [0.5, 0.6) is 0 Å². The van der Waals surface area contributed by atoms with Crippen LogP contribution in [0.1, 0.15) is 21.5 Å². The van der Waals surface area contributed by atoms with E-state index in [0.717, 1.165) is 9.13 Å². The van der Waals surface area contributed by atoms with Crippen molar-refractivity contribution < 1.29 is 4.79 Å². The molecule has 0 atom stereocenters. The number of nitriles is 1. The molecule has 0 saturated carbocycles. The summed E-state index contributed by atoms with van der Waals surface area (Å²) in [7, 11) is 0. The van der Waals surface area contributed by atoms with E-state index in [1.54, 1.807) is 12.1 Å². The van der Waals surface area contributed by atoms with Crippen molar-refractivity contribution in [2.45, 2.75) is 6.42 Å². The lowest BCUT2D eigenvalue weighted by atomic mass is 9.99. The van der Waals surface area contributed by atoms with Crippen LogP contribution in [-0.2, 0) is 6.42 Å². The average molecular weight is 347 g/mol. The summed E-state index contributed by atoms with van der Waals surface area (Å²) >= 11 is 2.15. The van der Waals surface area contributed by atoms with E-state index in [-0.39, 0.29) is 12.2 Å². The Hall–Kier alpha value is -1.67. The van der Waals surface area contributed by atoms with Crippen molar-refractivity contribution in [1.82, 2.24) is 0 Å². The van der Waals surface area contributed by atoms with Crippen LogP contribution in [-0.4, -0.2) is 5.78 Å². The van der Waals surface area contributed by atoms with Gasteiger partial charge in [-0.2, -0.15) is 5.26 Å². The number of halogens is 1. The Labute approximate surface area is 119 Å². The molecule has 0 saturated heterocycles. The van der Waals surface area contributed by atoms with Gasteiger partial charge in [-0.05, 0) is 40.3 Å². The molecule has 18 heavy (non-hydrogen) atoms. The van der Waals surface area contributed by atoms with Gasteiger partial charge in [-0.15, -0.1) is 0 Å². The smallest absolute Gasteiger partial charge is 0.168 e. The highest BCUT2D eigenvalue weighted by molar-refractivity contribution is 14.1. The van der Waals surface area contributed by atoms with E-state index in [1.165, 1.54) is 0 Å². The molecule has 0 amide bonds. The second-order valence-corrected chi connectivity index (χ2v) is 5.01. The molecule has 2 aromatic rings. The molecular weight excluding hydrogens is 337 g/mol. The summed E-state index contributed by atoms with van der Waals surface area (Å²) in [6, 6.07) is 16.8. The standard InChI is InChI=1S/C15H10INO/c16-14-8-4-3-7-13(14)15(18)9-11-5-1-2-6-12(11)10-17/h1-8H,9H2. The minimum atomic E-state index is 0.0442. The molecule has 0 N–H and O–H groups in total. The minimum absolute atomic E-state index is 0.0442. The van der Waals surface area contributed by atoms with Gasteiger partial charge in [-0.25, -0.2) is 0 Å². The molecule has 0 spiro atoms. The Balaban J connectivity index is 2.28. The number of Topliss-reactive ketones (excluding diaryl/α,β-unsaturated/α-hetero) is 1. The van der Waals surface area contributed by atoms with Crippen molar-refractivity contribution in [3.8, 4) is 6.07 Å². The monoisotopic (exact) mass is 347 g/mol. The van der Waals surface area contributed by atoms with E-state index in [0.29, 0.717) is 11.1 Å². The predicted octanol–water partition coefficient (Wildman–Crippen LogP) is 3.59. The van der Waals surface area contributed by atoms with E-state index >= 15 is 0 Å². The van der Waals surface area contributed by atoms with Gasteiger partial charge in [-0.1, -0.05) is 36.4 Å². The molecule has 0 fully saturated rings. The summed E-state index contributed by atoms with van der Waals surface area (Å²) < 4.78 is 0.939. The zero-order chi connectivity index (χ0) is 13.0. The molecule has 0 unspecified atom stereocenters. The molecule has 88 valence electrons. The summed E-state index contributed by atoms with van der Waals surface area (Å²) in [4.78, 5) is 12.2. The quantitative estimate of drug-likeness (QED) is 0.629. The summed E-state index contributed by atoms with van der Waals surface area (Å²) in [5.74, 6) is 0.0442. The van der Waals surface area contributed by atoms with Crippen molar-refractivity contribution in [3.05, 3.63) is 68.8 Å². The zero-order valence-electron chi connectivity index (χ0n) is 9.56. The molecule has 3 heteroatoms. The van der Waals surface area contributed by atoms with E-state index < -0.39 is 0 Å². The first-order valence-electron chi connectivity index (χ1n) is 5.48. The topological polar surface area (TPSA) is 40.9 Å². The van der Waals surface area contributed by atoms with E-state index in [4.69, 9.17) is 5.26 Å². The zero-order valence-corrected chi connectivity index (χ0v) is 11.7. The van der Waals surface area contributed by atoms with Crippen LogP contribution in [0.2, 0.25) is 0 Å². The SMILES string of the molecule is N#Cc1ccccc1CC(=O)c1ccccc1I. The molecule has 0 bridgehead atoms. The molecule has 0 aliphatic rings. The van der Waals surface area contributed by atoms with Gasteiger partial charge in [0, 0.05) is 15.6 Å². The molecule has 0 radical (unpaired) electrons. The summed E-state index contributed by atoms with van der Waals surface area (Å²) in [6.07, 6.45) is 0.268. The van der Waals surface area contributed by atoms with Crippen molar-refractivity contribution >= 4 is 28.4 Å². The number of hydrogen-bond acceptors (Lipinski definition) is 2. The normalized spacial score (nSPS) is 9.78. The summed E-state index contributed by atoms with van der Waals surface area (Å²) in [5, 5.41) is 8.99. The lowest BCUT2D eigenvalue weighted by Crippen LogP contribution is -2.06. The maximum Gasteiger partial charge on any atom is 0.168 e. The molecule has 2 rings (SSSR count). The Bertz CT molecular complexity index is 628. The highest BCUT2D eigenvalue weighted by Crippen LogP contribution is 2.16. The Kier molecular flexibility index (Phi) is 4.11. The fraction of sp³-hybridized carbons (Fsp3) is 0.0667. The van der Waals surface area contributed by atoms with E-state index in [1.807, 2.05) is 36.4 Å². The van der Waals surface area contributed by atoms with Crippen LogP contribution in [0.3, 0.4) is 0 Å². The fourth-order valence-electron chi connectivity index (χ4n) is 1.74. The van der Waals surface area contributed by atoms with Gasteiger partial charge in [0.2, 0.25) is 0 Å². The predicted molar refractivity (Wildman–Crippen MR) is 78.4 cm³/mol. The Morgan fingerprint density at radius 2 is 1.78 bits per heavy atom. The second kappa shape index (κ2) is 5.78. The number of benzene rings is 2. The molecule has 2 nitrogen and oxygen atoms in total. The van der Waals surface area contributed by atoms with E-state index in [2.05, 4.69) is 28.7 Å². The maximum absolute atomic E-state index is 12.2.